The van der Waals surface area contributed by atoms with Gasteiger partial charge in [0.15, 0.2) is 0 Å². The zero-order chi connectivity index (χ0) is 16.8. The van der Waals surface area contributed by atoms with Gasteiger partial charge in [-0.25, -0.2) is 17.9 Å². The number of carbonyl (C=O) groups excluding carboxylic acids is 1. The highest BCUT2D eigenvalue weighted by molar-refractivity contribution is 7.89. The number of hydrogen-bond donors (Lipinski definition) is 2. The van der Waals surface area contributed by atoms with E-state index in [9.17, 15) is 13.2 Å². The van der Waals surface area contributed by atoms with Crippen LogP contribution in [0.1, 0.15) is 42.1 Å². The Kier molecular flexibility index (Phi) is 6.99. The molecule has 0 aromatic heterocycles. The molecule has 0 radical (unpaired) electrons. The van der Waals surface area contributed by atoms with E-state index in [0.29, 0.717) is 12.0 Å². The Hall–Kier alpha value is -1.44. The highest BCUT2D eigenvalue weighted by Crippen LogP contribution is 2.17. The van der Waals surface area contributed by atoms with Gasteiger partial charge in [0.05, 0.1) is 17.6 Å². The lowest BCUT2D eigenvalue weighted by molar-refractivity contribution is 0.0599. The molecule has 0 bridgehead atoms. The number of hydrogen-bond acceptors (Lipinski definition) is 5. The normalized spacial score (nSPS) is 12.9. The number of benzene rings is 1. The first kappa shape index (κ1) is 18.6. The topological polar surface area (TPSA) is 98.5 Å². The second kappa shape index (κ2) is 8.26. The summed E-state index contributed by atoms with van der Waals surface area (Å²) < 4.78 is 32.1. The van der Waals surface area contributed by atoms with Crippen LogP contribution in [-0.4, -0.2) is 34.1 Å². The van der Waals surface area contributed by atoms with Crippen molar-refractivity contribution in [2.45, 2.75) is 44.0 Å². The van der Waals surface area contributed by atoms with Gasteiger partial charge in [-0.1, -0.05) is 25.8 Å². The highest BCUT2D eigenvalue weighted by atomic mass is 32.2. The van der Waals surface area contributed by atoms with Gasteiger partial charge in [0.2, 0.25) is 10.0 Å². The summed E-state index contributed by atoms with van der Waals surface area (Å²) in [6.45, 7) is 3.99. The van der Waals surface area contributed by atoms with E-state index >= 15 is 0 Å². The van der Waals surface area contributed by atoms with E-state index in [-0.39, 0.29) is 23.0 Å². The van der Waals surface area contributed by atoms with E-state index in [1.807, 2.05) is 6.92 Å². The summed E-state index contributed by atoms with van der Waals surface area (Å²) in [5.74, 6) is -0.559. The van der Waals surface area contributed by atoms with Crippen LogP contribution in [0.3, 0.4) is 0 Å². The molecule has 0 saturated heterocycles. The summed E-state index contributed by atoms with van der Waals surface area (Å²) in [5, 5.41) is 0. The maximum atomic E-state index is 12.4. The Morgan fingerprint density at radius 3 is 2.64 bits per heavy atom. The Morgan fingerprint density at radius 1 is 1.41 bits per heavy atom. The smallest absolute Gasteiger partial charge is 0.338 e. The fourth-order valence-corrected chi connectivity index (χ4v) is 3.37. The minimum atomic E-state index is -3.72. The number of unbranched alkanes of at least 4 members (excludes halogenated alkanes) is 1. The fraction of sp³-hybridized carbons (Fsp3) is 0.533. The van der Waals surface area contributed by atoms with E-state index < -0.39 is 16.0 Å². The molecule has 1 atom stereocenters. The molecular weight excluding hydrogens is 304 g/mol. The van der Waals surface area contributed by atoms with Crippen LogP contribution in [0.4, 0.5) is 0 Å². The molecule has 0 aliphatic rings. The van der Waals surface area contributed by atoms with Gasteiger partial charge in [-0.15, -0.1) is 0 Å². The molecule has 0 spiro atoms. The second-order valence-electron chi connectivity index (χ2n) is 5.16. The van der Waals surface area contributed by atoms with Crippen molar-refractivity contribution in [1.82, 2.24) is 4.72 Å². The molecule has 1 aromatic rings. The van der Waals surface area contributed by atoms with Crippen molar-refractivity contribution in [2.24, 2.45) is 5.73 Å². The molecule has 1 aromatic carbocycles. The first-order valence-electron chi connectivity index (χ1n) is 7.27. The molecule has 0 aliphatic heterocycles. The minimum absolute atomic E-state index is 0.0356. The van der Waals surface area contributed by atoms with Crippen molar-refractivity contribution < 1.29 is 17.9 Å². The van der Waals surface area contributed by atoms with Crippen molar-refractivity contribution >= 4 is 16.0 Å². The molecular formula is C15H24N2O4S. The molecule has 0 saturated carbocycles. The molecule has 3 N–H and O–H groups in total. The predicted molar refractivity (Wildman–Crippen MR) is 85.2 cm³/mol. The van der Waals surface area contributed by atoms with E-state index in [1.165, 1.54) is 19.2 Å². The Balaban J connectivity index is 3.04. The number of esters is 1. The van der Waals surface area contributed by atoms with Crippen molar-refractivity contribution in [3.05, 3.63) is 29.3 Å². The molecule has 6 nitrogen and oxygen atoms in total. The third-order valence-electron chi connectivity index (χ3n) is 3.44. The van der Waals surface area contributed by atoms with Crippen LogP contribution >= 0.6 is 0 Å². The van der Waals surface area contributed by atoms with Crippen LogP contribution in [-0.2, 0) is 14.8 Å². The van der Waals surface area contributed by atoms with Crippen LogP contribution in [0.2, 0.25) is 0 Å². The van der Waals surface area contributed by atoms with Crippen LogP contribution in [0.5, 0.6) is 0 Å². The van der Waals surface area contributed by atoms with Crippen molar-refractivity contribution in [3.8, 4) is 0 Å². The maximum Gasteiger partial charge on any atom is 0.338 e. The Labute approximate surface area is 132 Å². The summed E-state index contributed by atoms with van der Waals surface area (Å²) in [5.41, 5.74) is 6.52. The molecule has 1 unspecified atom stereocenters. The number of methoxy groups -OCH3 is 1. The van der Waals surface area contributed by atoms with Crippen LogP contribution < -0.4 is 10.5 Å². The van der Waals surface area contributed by atoms with Crippen molar-refractivity contribution in [2.75, 3.05) is 13.7 Å². The van der Waals surface area contributed by atoms with Gasteiger partial charge in [-0.2, -0.15) is 0 Å². The van der Waals surface area contributed by atoms with Crippen molar-refractivity contribution in [3.63, 3.8) is 0 Å². The summed E-state index contributed by atoms with van der Waals surface area (Å²) >= 11 is 0. The molecule has 124 valence electrons. The lowest BCUT2D eigenvalue weighted by Crippen LogP contribution is -2.40. The average molecular weight is 328 g/mol. The van der Waals surface area contributed by atoms with Gasteiger partial charge in [-0.05, 0) is 31.0 Å². The number of aryl methyl sites for hydroxylation is 1. The molecule has 0 amide bonds. The average Bonchev–Trinajstić information content (AvgIpc) is 2.50. The van der Waals surface area contributed by atoms with Gasteiger partial charge in [0.1, 0.15) is 0 Å². The fourth-order valence-electron chi connectivity index (χ4n) is 2.06. The Bertz CT molecular complexity index is 614. The van der Waals surface area contributed by atoms with E-state index in [2.05, 4.69) is 9.46 Å². The van der Waals surface area contributed by atoms with Crippen LogP contribution in [0, 0.1) is 6.92 Å². The number of ether oxygens (including phenoxy) is 1. The lowest BCUT2D eigenvalue weighted by atomic mass is 10.1. The number of carbonyl (C=O) groups is 1. The zero-order valence-electron chi connectivity index (χ0n) is 13.3. The summed E-state index contributed by atoms with van der Waals surface area (Å²) in [6, 6.07) is 4.08. The first-order chi connectivity index (χ1) is 10.4. The zero-order valence-corrected chi connectivity index (χ0v) is 14.1. The largest absolute Gasteiger partial charge is 0.465 e. The number of rotatable bonds is 8. The molecule has 1 rings (SSSR count). The third-order valence-corrected chi connectivity index (χ3v) is 4.96. The van der Waals surface area contributed by atoms with E-state index in [4.69, 9.17) is 5.73 Å². The van der Waals surface area contributed by atoms with Crippen molar-refractivity contribution in [1.29, 1.82) is 0 Å². The number of sulfonamides is 1. The predicted octanol–water partition coefficient (Wildman–Crippen LogP) is 1.58. The minimum Gasteiger partial charge on any atom is -0.465 e. The number of nitrogens with one attached hydrogen (secondary N) is 1. The molecule has 22 heavy (non-hydrogen) atoms. The molecule has 0 aliphatic carbocycles. The van der Waals surface area contributed by atoms with Gasteiger partial charge in [0, 0.05) is 12.6 Å². The standard InChI is InChI=1S/C15H24N2O4S/c1-4-5-6-12(10-16)17-22(19,20)13-8-7-11(2)14(9-13)15(18)21-3/h7-9,12,17H,4-6,10,16H2,1-3H3. The van der Waals surface area contributed by atoms with Gasteiger partial charge in [0.25, 0.3) is 0 Å². The summed E-state index contributed by atoms with van der Waals surface area (Å²) in [6.07, 6.45) is 2.54. The SMILES string of the molecule is CCCCC(CN)NS(=O)(=O)c1ccc(C)c(C(=O)OC)c1. The lowest BCUT2D eigenvalue weighted by Gasteiger charge is -2.17. The van der Waals surface area contributed by atoms with Gasteiger partial charge < -0.3 is 10.5 Å². The highest BCUT2D eigenvalue weighted by Gasteiger charge is 2.21. The monoisotopic (exact) mass is 328 g/mol. The van der Waals surface area contributed by atoms with E-state index in [1.54, 1.807) is 13.0 Å². The molecule has 7 heteroatoms. The third kappa shape index (κ3) is 4.79. The first-order valence-corrected chi connectivity index (χ1v) is 8.75. The van der Waals surface area contributed by atoms with Crippen LogP contribution in [0.15, 0.2) is 23.1 Å². The van der Waals surface area contributed by atoms with E-state index in [0.717, 1.165) is 12.8 Å². The molecule has 0 fully saturated rings. The second-order valence-corrected chi connectivity index (χ2v) is 6.88. The van der Waals surface area contributed by atoms with Crippen LogP contribution in [0.25, 0.3) is 0 Å². The quantitative estimate of drug-likeness (QED) is 0.706. The van der Waals surface area contributed by atoms with Gasteiger partial charge in [-0.3, -0.25) is 0 Å². The summed E-state index contributed by atoms with van der Waals surface area (Å²) in [4.78, 5) is 11.7. The Morgan fingerprint density at radius 2 is 2.09 bits per heavy atom. The van der Waals surface area contributed by atoms with Gasteiger partial charge >= 0.3 is 5.97 Å². The summed E-state index contributed by atoms with van der Waals surface area (Å²) in [7, 11) is -2.46. The maximum absolute atomic E-state index is 12.4. The molecule has 0 heterocycles. The number of nitrogens with two attached hydrogens (primary N) is 1.